The van der Waals surface area contributed by atoms with Crippen LogP contribution in [0.2, 0.25) is 0 Å². The summed E-state index contributed by atoms with van der Waals surface area (Å²) in [5, 5.41) is 20.2. The van der Waals surface area contributed by atoms with Crippen LogP contribution < -0.4 is 9.47 Å². The number of benzene rings is 1. The first-order valence-corrected chi connectivity index (χ1v) is 5.49. The number of pyridine rings is 1. The van der Waals surface area contributed by atoms with Gasteiger partial charge in [0.25, 0.3) is 0 Å². The van der Waals surface area contributed by atoms with Crippen LogP contribution in [0, 0.1) is 0 Å². The lowest BCUT2D eigenvalue weighted by atomic mass is 10.0. The van der Waals surface area contributed by atoms with Crippen molar-refractivity contribution in [3.63, 3.8) is 0 Å². The fourth-order valence-corrected chi connectivity index (χ4v) is 1.96. The van der Waals surface area contributed by atoms with Crippen LogP contribution in [0.1, 0.15) is 11.3 Å². The summed E-state index contributed by atoms with van der Waals surface area (Å²) in [5.74, 6) is 1.18. The molecule has 0 atom stereocenters. The fourth-order valence-electron chi connectivity index (χ4n) is 1.96. The minimum absolute atomic E-state index is 0.185. The molecule has 1 heterocycles. The number of fused-ring (bicyclic) bond motifs is 1. The minimum atomic E-state index is -0.208. The molecule has 0 saturated heterocycles. The molecule has 5 heteroatoms. The van der Waals surface area contributed by atoms with Crippen LogP contribution in [0.5, 0.6) is 11.5 Å². The maximum Gasteiger partial charge on any atom is 0.161 e. The molecule has 0 aliphatic rings. The molecule has 0 aliphatic heterocycles. The Morgan fingerprint density at radius 2 is 1.72 bits per heavy atom. The average molecular weight is 249 g/mol. The molecule has 2 N–H and O–H groups in total. The van der Waals surface area contributed by atoms with Crippen molar-refractivity contribution in [3.05, 3.63) is 29.6 Å². The van der Waals surface area contributed by atoms with E-state index in [4.69, 9.17) is 9.47 Å². The van der Waals surface area contributed by atoms with E-state index in [1.54, 1.807) is 32.5 Å². The SMILES string of the molecule is COc1cc2cnc(CO)c(CO)c2cc1OC. The molecule has 18 heavy (non-hydrogen) atoms. The van der Waals surface area contributed by atoms with Crippen molar-refractivity contribution in [2.75, 3.05) is 14.2 Å². The second-order valence-corrected chi connectivity index (χ2v) is 3.79. The number of aliphatic hydroxyl groups excluding tert-OH is 2. The van der Waals surface area contributed by atoms with Gasteiger partial charge >= 0.3 is 0 Å². The Hall–Kier alpha value is -1.85. The summed E-state index contributed by atoms with van der Waals surface area (Å²) in [5.41, 5.74) is 1.08. The Balaban J connectivity index is 2.76. The van der Waals surface area contributed by atoms with Crippen molar-refractivity contribution in [1.82, 2.24) is 4.98 Å². The largest absolute Gasteiger partial charge is 0.493 e. The number of hydrogen-bond donors (Lipinski definition) is 2. The molecule has 5 nitrogen and oxygen atoms in total. The summed E-state index contributed by atoms with van der Waals surface area (Å²) < 4.78 is 10.4. The van der Waals surface area contributed by atoms with Crippen LogP contribution in [0.3, 0.4) is 0 Å². The van der Waals surface area contributed by atoms with Crippen molar-refractivity contribution in [2.45, 2.75) is 13.2 Å². The zero-order valence-corrected chi connectivity index (χ0v) is 10.3. The number of ether oxygens (including phenoxy) is 2. The highest BCUT2D eigenvalue weighted by molar-refractivity contribution is 5.88. The summed E-state index contributed by atoms with van der Waals surface area (Å²) in [7, 11) is 3.11. The molecule has 0 amide bonds. The van der Waals surface area contributed by atoms with E-state index in [9.17, 15) is 10.2 Å². The van der Waals surface area contributed by atoms with E-state index in [1.165, 1.54) is 0 Å². The Kier molecular flexibility index (Phi) is 3.64. The predicted molar refractivity (Wildman–Crippen MR) is 66.7 cm³/mol. The van der Waals surface area contributed by atoms with Gasteiger partial charge in [-0.3, -0.25) is 4.98 Å². The molecule has 0 saturated carbocycles. The van der Waals surface area contributed by atoms with Crippen molar-refractivity contribution in [3.8, 4) is 11.5 Å². The molecule has 1 aromatic heterocycles. The number of rotatable bonds is 4. The van der Waals surface area contributed by atoms with Crippen molar-refractivity contribution in [1.29, 1.82) is 0 Å². The molecule has 0 fully saturated rings. The lowest BCUT2D eigenvalue weighted by Crippen LogP contribution is -2.00. The van der Waals surface area contributed by atoms with Crippen molar-refractivity contribution >= 4 is 10.8 Å². The molecule has 1 aromatic carbocycles. The van der Waals surface area contributed by atoms with E-state index in [0.717, 1.165) is 10.8 Å². The van der Waals surface area contributed by atoms with Gasteiger partial charge in [0.2, 0.25) is 0 Å². The lowest BCUT2D eigenvalue weighted by molar-refractivity contribution is 0.257. The van der Waals surface area contributed by atoms with Crippen molar-refractivity contribution < 1.29 is 19.7 Å². The van der Waals surface area contributed by atoms with Crippen LogP contribution in [0.25, 0.3) is 10.8 Å². The van der Waals surface area contributed by atoms with Gasteiger partial charge in [0.15, 0.2) is 11.5 Å². The van der Waals surface area contributed by atoms with Crippen LogP contribution in [0.15, 0.2) is 18.3 Å². The first kappa shape index (κ1) is 12.6. The smallest absolute Gasteiger partial charge is 0.161 e. The highest BCUT2D eigenvalue weighted by atomic mass is 16.5. The first-order valence-electron chi connectivity index (χ1n) is 5.49. The molecule has 0 radical (unpaired) electrons. The van der Waals surface area contributed by atoms with Gasteiger partial charge in [-0.2, -0.15) is 0 Å². The third-order valence-corrected chi connectivity index (χ3v) is 2.90. The average Bonchev–Trinajstić information content (AvgIpc) is 2.44. The van der Waals surface area contributed by atoms with Gasteiger partial charge in [-0.1, -0.05) is 0 Å². The predicted octanol–water partition coefficient (Wildman–Crippen LogP) is 1.24. The summed E-state index contributed by atoms with van der Waals surface area (Å²) in [6.07, 6.45) is 1.64. The van der Waals surface area contributed by atoms with Gasteiger partial charge in [-0.25, -0.2) is 0 Å². The Morgan fingerprint density at radius 1 is 1.06 bits per heavy atom. The van der Waals surface area contributed by atoms with Crippen molar-refractivity contribution in [2.24, 2.45) is 0 Å². The zero-order chi connectivity index (χ0) is 13.1. The van der Waals surface area contributed by atoms with E-state index >= 15 is 0 Å². The van der Waals surface area contributed by atoms with Crippen LogP contribution in [-0.2, 0) is 13.2 Å². The maximum atomic E-state index is 9.41. The van der Waals surface area contributed by atoms with E-state index < -0.39 is 0 Å². The summed E-state index contributed by atoms with van der Waals surface area (Å²) in [4.78, 5) is 4.12. The van der Waals surface area contributed by atoms with Crippen LogP contribution in [-0.4, -0.2) is 29.4 Å². The van der Waals surface area contributed by atoms with Gasteiger partial charge in [0.05, 0.1) is 33.1 Å². The van der Waals surface area contributed by atoms with Gasteiger partial charge in [-0.05, 0) is 17.5 Å². The number of aliphatic hydroxyl groups is 2. The molecule has 0 aliphatic carbocycles. The summed E-state index contributed by atoms with van der Waals surface area (Å²) in [6, 6.07) is 3.57. The number of hydrogen-bond acceptors (Lipinski definition) is 5. The molecule has 0 bridgehead atoms. The fraction of sp³-hybridized carbons (Fsp3) is 0.308. The number of nitrogens with zero attached hydrogens (tertiary/aromatic N) is 1. The second-order valence-electron chi connectivity index (χ2n) is 3.79. The Morgan fingerprint density at radius 3 is 2.28 bits per heavy atom. The zero-order valence-electron chi connectivity index (χ0n) is 10.3. The topological polar surface area (TPSA) is 71.8 Å². The standard InChI is InChI=1S/C13H15NO4/c1-17-12-3-8-5-14-11(7-16)10(6-15)9(8)4-13(12)18-2/h3-5,15-16H,6-7H2,1-2H3. The first-order chi connectivity index (χ1) is 8.74. The highest BCUT2D eigenvalue weighted by Gasteiger charge is 2.12. The van der Waals surface area contributed by atoms with Gasteiger partial charge < -0.3 is 19.7 Å². The van der Waals surface area contributed by atoms with Gasteiger partial charge in [0, 0.05) is 17.1 Å². The molecule has 0 spiro atoms. The molecule has 2 rings (SSSR count). The maximum absolute atomic E-state index is 9.41. The Labute approximate surface area is 105 Å². The van der Waals surface area contributed by atoms with Crippen LogP contribution >= 0.6 is 0 Å². The van der Waals surface area contributed by atoms with E-state index in [2.05, 4.69) is 4.98 Å². The third-order valence-electron chi connectivity index (χ3n) is 2.90. The molecule has 2 aromatic rings. The molecular formula is C13H15NO4. The van der Waals surface area contributed by atoms with Gasteiger partial charge in [0.1, 0.15) is 0 Å². The van der Waals surface area contributed by atoms with Crippen LogP contribution in [0.4, 0.5) is 0 Å². The minimum Gasteiger partial charge on any atom is -0.493 e. The number of aromatic nitrogens is 1. The quantitative estimate of drug-likeness (QED) is 0.853. The monoisotopic (exact) mass is 249 g/mol. The number of methoxy groups -OCH3 is 2. The lowest BCUT2D eigenvalue weighted by Gasteiger charge is -2.12. The summed E-state index contributed by atoms with van der Waals surface area (Å²) in [6.45, 7) is -0.393. The van der Waals surface area contributed by atoms with E-state index in [-0.39, 0.29) is 13.2 Å². The van der Waals surface area contributed by atoms with Gasteiger partial charge in [-0.15, -0.1) is 0 Å². The molecular weight excluding hydrogens is 234 g/mol. The molecule has 96 valence electrons. The normalized spacial score (nSPS) is 10.7. The summed E-state index contributed by atoms with van der Waals surface area (Å²) >= 11 is 0. The highest BCUT2D eigenvalue weighted by Crippen LogP contribution is 2.34. The third kappa shape index (κ3) is 1.98. The second kappa shape index (κ2) is 5.20. The Bertz CT molecular complexity index is 566. The van der Waals surface area contributed by atoms with E-state index in [1.807, 2.05) is 0 Å². The molecule has 0 unspecified atom stereocenters. The van der Waals surface area contributed by atoms with E-state index in [0.29, 0.717) is 22.8 Å².